The molecule has 2 nitrogen and oxygen atoms in total. The van der Waals surface area contributed by atoms with Gasteiger partial charge in [-0.15, -0.1) is 11.6 Å². The van der Waals surface area contributed by atoms with Crippen LogP contribution in [0.3, 0.4) is 0 Å². The first-order valence-electron chi connectivity index (χ1n) is 6.52. The van der Waals surface area contributed by atoms with E-state index >= 15 is 0 Å². The molecular formula is C17H15BrClNO. The molecule has 0 saturated heterocycles. The van der Waals surface area contributed by atoms with Crippen LogP contribution < -0.4 is 4.74 Å². The second-order valence-electron chi connectivity index (χ2n) is 4.89. The van der Waals surface area contributed by atoms with Crippen molar-refractivity contribution in [3.8, 4) is 11.8 Å². The van der Waals surface area contributed by atoms with Crippen LogP contribution in [0.4, 0.5) is 0 Å². The molecule has 0 amide bonds. The number of ether oxygens (including phenoxy) is 1. The lowest BCUT2D eigenvalue weighted by atomic mass is 10.1. The van der Waals surface area contributed by atoms with E-state index in [0.717, 1.165) is 32.5 Å². The van der Waals surface area contributed by atoms with Gasteiger partial charge in [-0.3, -0.25) is 0 Å². The summed E-state index contributed by atoms with van der Waals surface area (Å²) in [7, 11) is 0. The fourth-order valence-corrected chi connectivity index (χ4v) is 3.00. The van der Waals surface area contributed by atoms with Crippen LogP contribution in [0.5, 0.6) is 5.75 Å². The fourth-order valence-electron chi connectivity index (χ4n) is 2.18. The van der Waals surface area contributed by atoms with E-state index < -0.39 is 0 Å². The predicted octanol–water partition coefficient (Wildman–Crippen LogP) is 5.26. The highest BCUT2D eigenvalue weighted by atomic mass is 79.9. The molecule has 0 radical (unpaired) electrons. The standard InChI is InChI=1S/C17H15BrClNO/c1-11-5-13(9-20)3-4-14(11)10-21-17-12(2)6-16(18)7-15(17)8-19/h3-7H,8,10H2,1-2H3. The van der Waals surface area contributed by atoms with E-state index in [4.69, 9.17) is 21.6 Å². The molecule has 0 unspecified atom stereocenters. The van der Waals surface area contributed by atoms with Gasteiger partial charge < -0.3 is 4.74 Å². The van der Waals surface area contributed by atoms with E-state index in [9.17, 15) is 0 Å². The molecule has 0 aromatic heterocycles. The third kappa shape index (κ3) is 3.78. The maximum Gasteiger partial charge on any atom is 0.127 e. The van der Waals surface area contributed by atoms with Crippen LogP contribution in [0.1, 0.15) is 27.8 Å². The van der Waals surface area contributed by atoms with Gasteiger partial charge in [0.25, 0.3) is 0 Å². The molecule has 2 aromatic carbocycles. The molecule has 0 heterocycles. The molecule has 0 aliphatic heterocycles. The maximum atomic E-state index is 8.89. The first-order valence-corrected chi connectivity index (χ1v) is 7.85. The number of halogens is 2. The quantitative estimate of drug-likeness (QED) is 0.694. The third-order valence-corrected chi connectivity index (χ3v) is 4.05. The summed E-state index contributed by atoms with van der Waals surface area (Å²) < 4.78 is 6.96. The molecule has 0 saturated carbocycles. The third-order valence-electron chi connectivity index (χ3n) is 3.30. The zero-order valence-corrected chi connectivity index (χ0v) is 14.3. The first kappa shape index (κ1) is 15.9. The smallest absolute Gasteiger partial charge is 0.127 e. The Morgan fingerprint density at radius 3 is 2.52 bits per heavy atom. The number of nitriles is 1. The second-order valence-corrected chi connectivity index (χ2v) is 6.07. The van der Waals surface area contributed by atoms with Crippen molar-refractivity contribution in [2.45, 2.75) is 26.3 Å². The van der Waals surface area contributed by atoms with E-state index in [1.807, 2.05) is 44.2 Å². The predicted molar refractivity (Wildman–Crippen MR) is 88.7 cm³/mol. The van der Waals surface area contributed by atoms with Crippen molar-refractivity contribution in [1.29, 1.82) is 5.26 Å². The van der Waals surface area contributed by atoms with Crippen molar-refractivity contribution in [3.05, 3.63) is 62.6 Å². The summed E-state index contributed by atoms with van der Waals surface area (Å²) in [6.45, 7) is 4.45. The Bertz CT molecular complexity index is 707. The Kier molecular flexibility index (Phi) is 5.27. The number of rotatable bonds is 4. The van der Waals surface area contributed by atoms with Gasteiger partial charge in [-0.05, 0) is 54.8 Å². The van der Waals surface area contributed by atoms with Crippen molar-refractivity contribution in [2.75, 3.05) is 0 Å². The van der Waals surface area contributed by atoms with Gasteiger partial charge in [0.05, 0.1) is 17.5 Å². The van der Waals surface area contributed by atoms with E-state index in [1.165, 1.54) is 0 Å². The molecule has 4 heteroatoms. The highest BCUT2D eigenvalue weighted by Gasteiger charge is 2.09. The van der Waals surface area contributed by atoms with Crippen LogP contribution in [0, 0.1) is 25.2 Å². The van der Waals surface area contributed by atoms with Crippen LogP contribution >= 0.6 is 27.5 Å². The SMILES string of the molecule is Cc1cc(C#N)ccc1COc1c(C)cc(Br)cc1CCl. The molecule has 0 fully saturated rings. The van der Waals surface area contributed by atoms with E-state index in [-0.39, 0.29) is 0 Å². The van der Waals surface area contributed by atoms with E-state index in [1.54, 1.807) is 0 Å². The number of hydrogen-bond donors (Lipinski definition) is 0. The molecule has 0 spiro atoms. The number of benzene rings is 2. The van der Waals surface area contributed by atoms with Gasteiger partial charge in [0, 0.05) is 10.0 Å². The minimum atomic E-state index is 0.405. The Balaban J connectivity index is 2.23. The largest absolute Gasteiger partial charge is 0.488 e. The van der Waals surface area contributed by atoms with Gasteiger partial charge in [0.15, 0.2) is 0 Å². The number of nitrogens with zero attached hydrogens (tertiary/aromatic N) is 1. The fraction of sp³-hybridized carbons (Fsp3) is 0.235. The summed E-state index contributed by atoms with van der Waals surface area (Å²) in [4.78, 5) is 0. The highest BCUT2D eigenvalue weighted by molar-refractivity contribution is 9.10. The van der Waals surface area contributed by atoms with Crippen molar-refractivity contribution < 1.29 is 4.74 Å². The van der Waals surface area contributed by atoms with Gasteiger partial charge in [0.2, 0.25) is 0 Å². The van der Waals surface area contributed by atoms with Gasteiger partial charge in [0.1, 0.15) is 12.4 Å². The first-order chi connectivity index (χ1) is 10.0. The molecule has 0 atom stereocenters. The summed E-state index contributed by atoms with van der Waals surface area (Å²) in [6.07, 6.45) is 0. The molecule has 108 valence electrons. The van der Waals surface area contributed by atoms with Crippen molar-refractivity contribution in [1.82, 2.24) is 0 Å². The average Bonchev–Trinajstić information content (AvgIpc) is 2.46. The maximum absolute atomic E-state index is 8.89. The molecule has 2 rings (SSSR count). The van der Waals surface area contributed by atoms with E-state index in [2.05, 4.69) is 22.0 Å². The van der Waals surface area contributed by atoms with Crippen molar-refractivity contribution >= 4 is 27.5 Å². The van der Waals surface area contributed by atoms with Gasteiger partial charge in [-0.1, -0.05) is 22.0 Å². The molecule has 2 aromatic rings. The lowest BCUT2D eigenvalue weighted by Crippen LogP contribution is -2.02. The summed E-state index contributed by atoms with van der Waals surface area (Å²) in [5, 5.41) is 8.89. The van der Waals surface area contributed by atoms with E-state index in [0.29, 0.717) is 18.1 Å². The number of alkyl halides is 1. The average molecular weight is 365 g/mol. The summed E-state index contributed by atoms with van der Waals surface area (Å²) >= 11 is 9.46. The van der Waals surface area contributed by atoms with Crippen LogP contribution in [-0.4, -0.2) is 0 Å². The van der Waals surface area contributed by atoms with Crippen LogP contribution in [0.2, 0.25) is 0 Å². The minimum absolute atomic E-state index is 0.405. The summed E-state index contributed by atoms with van der Waals surface area (Å²) in [6, 6.07) is 11.7. The molecule has 0 N–H and O–H groups in total. The number of hydrogen-bond acceptors (Lipinski definition) is 2. The molecular weight excluding hydrogens is 350 g/mol. The second kappa shape index (κ2) is 6.98. The normalized spacial score (nSPS) is 10.2. The number of aryl methyl sites for hydroxylation is 2. The zero-order chi connectivity index (χ0) is 15.4. The lowest BCUT2D eigenvalue weighted by molar-refractivity contribution is 0.301. The monoisotopic (exact) mass is 363 g/mol. The van der Waals surface area contributed by atoms with Crippen molar-refractivity contribution in [2.24, 2.45) is 0 Å². The zero-order valence-electron chi connectivity index (χ0n) is 11.9. The molecule has 21 heavy (non-hydrogen) atoms. The van der Waals surface area contributed by atoms with Gasteiger partial charge in [-0.25, -0.2) is 0 Å². The minimum Gasteiger partial charge on any atom is -0.488 e. The Labute approximate surface area is 138 Å². The van der Waals surface area contributed by atoms with Gasteiger partial charge in [-0.2, -0.15) is 5.26 Å². The summed E-state index contributed by atoms with van der Waals surface area (Å²) in [5.74, 6) is 1.24. The Morgan fingerprint density at radius 1 is 1.14 bits per heavy atom. The van der Waals surface area contributed by atoms with Crippen LogP contribution in [0.15, 0.2) is 34.8 Å². The molecule has 0 aliphatic carbocycles. The molecule has 0 aliphatic rings. The Morgan fingerprint density at radius 2 is 1.90 bits per heavy atom. The van der Waals surface area contributed by atoms with Crippen molar-refractivity contribution in [3.63, 3.8) is 0 Å². The molecule has 0 bridgehead atoms. The topological polar surface area (TPSA) is 33.0 Å². The lowest BCUT2D eigenvalue weighted by Gasteiger charge is -2.15. The van der Waals surface area contributed by atoms with Gasteiger partial charge >= 0.3 is 0 Å². The van der Waals surface area contributed by atoms with Crippen LogP contribution in [0.25, 0.3) is 0 Å². The van der Waals surface area contributed by atoms with Crippen LogP contribution in [-0.2, 0) is 12.5 Å². The Hall–Kier alpha value is -1.50. The summed E-state index contributed by atoms with van der Waals surface area (Å²) in [5.41, 5.74) is 4.80. The highest BCUT2D eigenvalue weighted by Crippen LogP contribution is 2.30.